The number of nitrogens with zero attached hydrogens (tertiary/aromatic N) is 2. The van der Waals surface area contributed by atoms with Crippen LogP contribution in [0.15, 0.2) is 18.2 Å². The lowest BCUT2D eigenvalue weighted by Crippen LogP contribution is -2.17. The number of nitriles is 1. The predicted octanol–water partition coefficient (Wildman–Crippen LogP) is 1.74. The summed E-state index contributed by atoms with van der Waals surface area (Å²) in [5, 5.41) is 8.84. The van der Waals surface area contributed by atoms with E-state index in [9.17, 15) is 0 Å². The molecule has 2 rings (SSSR count). The monoisotopic (exact) mass is 187 g/mol. The molecule has 1 saturated heterocycles. The molecule has 1 heterocycles. The first-order chi connectivity index (χ1) is 6.81. The summed E-state index contributed by atoms with van der Waals surface area (Å²) >= 11 is 0. The van der Waals surface area contributed by atoms with Gasteiger partial charge in [-0.15, -0.1) is 0 Å². The summed E-state index contributed by atoms with van der Waals surface area (Å²) in [5.41, 5.74) is 7.92. The van der Waals surface area contributed by atoms with E-state index in [2.05, 4.69) is 11.0 Å². The Labute approximate surface area is 83.7 Å². The molecule has 1 fully saturated rings. The smallest absolute Gasteiger partial charge is 0.101 e. The van der Waals surface area contributed by atoms with Gasteiger partial charge in [-0.2, -0.15) is 5.26 Å². The highest BCUT2D eigenvalue weighted by molar-refractivity contribution is 5.62. The summed E-state index contributed by atoms with van der Waals surface area (Å²) in [6.45, 7) is 2.18. The maximum Gasteiger partial charge on any atom is 0.101 e. The standard InChI is InChI=1S/C11H13N3/c12-8-9-7-10(3-4-11(9)13)14-5-1-2-6-14/h3-4,7H,1-2,5-6,13H2. The lowest BCUT2D eigenvalue weighted by molar-refractivity contribution is 0.949. The minimum atomic E-state index is 0.565. The van der Waals surface area contributed by atoms with E-state index in [-0.39, 0.29) is 0 Å². The zero-order valence-corrected chi connectivity index (χ0v) is 8.03. The molecule has 0 aliphatic carbocycles. The number of benzene rings is 1. The molecule has 0 spiro atoms. The largest absolute Gasteiger partial charge is 0.398 e. The van der Waals surface area contributed by atoms with Crippen molar-refractivity contribution >= 4 is 11.4 Å². The third-order valence-electron chi connectivity index (χ3n) is 2.63. The zero-order valence-electron chi connectivity index (χ0n) is 8.03. The molecule has 1 aromatic rings. The number of anilines is 2. The van der Waals surface area contributed by atoms with E-state index in [0.717, 1.165) is 18.8 Å². The quantitative estimate of drug-likeness (QED) is 0.681. The first kappa shape index (κ1) is 8.89. The van der Waals surface area contributed by atoms with Gasteiger partial charge in [0.1, 0.15) is 6.07 Å². The van der Waals surface area contributed by atoms with E-state index in [1.165, 1.54) is 12.8 Å². The third kappa shape index (κ3) is 1.51. The Hall–Kier alpha value is -1.69. The van der Waals surface area contributed by atoms with Crippen molar-refractivity contribution in [1.29, 1.82) is 5.26 Å². The SMILES string of the molecule is N#Cc1cc(N2CCCC2)ccc1N. The van der Waals surface area contributed by atoms with Crippen molar-refractivity contribution in [3.05, 3.63) is 23.8 Å². The Morgan fingerprint density at radius 3 is 2.64 bits per heavy atom. The normalized spacial score (nSPS) is 15.5. The van der Waals surface area contributed by atoms with Crippen molar-refractivity contribution in [2.45, 2.75) is 12.8 Å². The van der Waals surface area contributed by atoms with Crippen molar-refractivity contribution in [1.82, 2.24) is 0 Å². The van der Waals surface area contributed by atoms with Crippen LogP contribution in [0.2, 0.25) is 0 Å². The fourth-order valence-corrected chi connectivity index (χ4v) is 1.81. The molecule has 0 radical (unpaired) electrons. The van der Waals surface area contributed by atoms with Gasteiger partial charge >= 0.3 is 0 Å². The number of nitrogens with two attached hydrogens (primary N) is 1. The van der Waals surface area contributed by atoms with Crippen LogP contribution in [-0.2, 0) is 0 Å². The number of hydrogen-bond acceptors (Lipinski definition) is 3. The molecule has 1 aromatic carbocycles. The van der Waals surface area contributed by atoms with Crippen molar-refractivity contribution in [3.63, 3.8) is 0 Å². The van der Waals surface area contributed by atoms with Crippen LogP contribution in [0.1, 0.15) is 18.4 Å². The molecule has 14 heavy (non-hydrogen) atoms. The second kappa shape index (κ2) is 3.59. The second-order valence-electron chi connectivity index (χ2n) is 3.58. The van der Waals surface area contributed by atoms with Crippen molar-refractivity contribution in [2.75, 3.05) is 23.7 Å². The van der Waals surface area contributed by atoms with Crippen LogP contribution in [0.25, 0.3) is 0 Å². The van der Waals surface area contributed by atoms with Crippen LogP contribution in [0.5, 0.6) is 0 Å². The highest BCUT2D eigenvalue weighted by Gasteiger charge is 2.12. The molecule has 0 saturated carbocycles. The van der Waals surface area contributed by atoms with Crippen LogP contribution in [0.4, 0.5) is 11.4 Å². The molecule has 3 heteroatoms. The Morgan fingerprint density at radius 2 is 2.00 bits per heavy atom. The molecule has 72 valence electrons. The number of nitrogen functional groups attached to an aromatic ring is 1. The minimum absolute atomic E-state index is 0.565. The first-order valence-electron chi connectivity index (χ1n) is 4.86. The fraction of sp³-hybridized carbons (Fsp3) is 0.364. The summed E-state index contributed by atoms with van der Waals surface area (Å²) in [7, 11) is 0. The van der Waals surface area contributed by atoms with Gasteiger partial charge in [-0.3, -0.25) is 0 Å². The van der Waals surface area contributed by atoms with Gasteiger partial charge < -0.3 is 10.6 Å². The average molecular weight is 187 g/mol. The van der Waals surface area contributed by atoms with Crippen molar-refractivity contribution < 1.29 is 0 Å². The summed E-state index contributed by atoms with van der Waals surface area (Å²) in [5.74, 6) is 0. The lowest BCUT2D eigenvalue weighted by atomic mass is 10.1. The summed E-state index contributed by atoms with van der Waals surface area (Å²) in [4.78, 5) is 2.29. The molecule has 1 aliphatic heterocycles. The molecule has 0 aromatic heterocycles. The zero-order chi connectivity index (χ0) is 9.97. The Bertz CT molecular complexity index is 373. The Kier molecular flexibility index (Phi) is 2.28. The summed E-state index contributed by atoms with van der Waals surface area (Å²) in [6, 6.07) is 7.78. The molecular formula is C11H13N3. The predicted molar refractivity (Wildman–Crippen MR) is 57.0 cm³/mol. The van der Waals surface area contributed by atoms with E-state index in [1.807, 2.05) is 18.2 Å². The average Bonchev–Trinajstić information content (AvgIpc) is 2.71. The van der Waals surface area contributed by atoms with E-state index in [0.29, 0.717) is 11.3 Å². The van der Waals surface area contributed by atoms with E-state index >= 15 is 0 Å². The highest BCUT2D eigenvalue weighted by Crippen LogP contribution is 2.23. The van der Waals surface area contributed by atoms with E-state index in [1.54, 1.807) is 0 Å². The van der Waals surface area contributed by atoms with Crippen molar-refractivity contribution in [3.8, 4) is 6.07 Å². The molecule has 1 aliphatic rings. The first-order valence-corrected chi connectivity index (χ1v) is 4.86. The lowest BCUT2D eigenvalue weighted by Gasteiger charge is -2.17. The van der Waals surface area contributed by atoms with Gasteiger partial charge in [0.25, 0.3) is 0 Å². The molecule has 2 N–H and O–H groups in total. The Balaban J connectivity index is 2.31. The highest BCUT2D eigenvalue weighted by atomic mass is 15.1. The Morgan fingerprint density at radius 1 is 1.29 bits per heavy atom. The molecule has 0 bridgehead atoms. The van der Waals surface area contributed by atoms with E-state index < -0.39 is 0 Å². The van der Waals surface area contributed by atoms with Crippen LogP contribution in [0.3, 0.4) is 0 Å². The van der Waals surface area contributed by atoms with Gasteiger partial charge in [-0.25, -0.2) is 0 Å². The van der Waals surface area contributed by atoms with Gasteiger partial charge in [-0.05, 0) is 31.0 Å². The summed E-state index contributed by atoms with van der Waals surface area (Å²) < 4.78 is 0. The number of rotatable bonds is 1. The third-order valence-corrected chi connectivity index (χ3v) is 2.63. The van der Waals surface area contributed by atoms with Gasteiger partial charge in [0.2, 0.25) is 0 Å². The molecular weight excluding hydrogens is 174 g/mol. The van der Waals surface area contributed by atoms with Gasteiger partial charge in [-0.1, -0.05) is 0 Å². The molecule has 3 nitrogen and oxygen atoms in total. The maximum atomic E-state index is 8.84. The fourth-order valence-electron chi connectivity index (χ4n) is 1.81. The maximum absolute atomic E-state index is 8.84. The van der Waals surface area contributed by atoms with Gasteiger partial charge in [0.15, 0.2) is 0 Å². The van der Waals surface area contributed by atoms with E-state index in [4.69, 9.17) is 11.0 Å². The minimum Gasteiger partial charge on any atom is -0.398 e. The van der Waals surface area contributed by atoms with Gasteiger partial charge in [0, 0.05) is 24.5 Å². The van der Waals surface area contributed by atoms with Crippen LogP contribution in [0, 0.1) is 11.3 Å². The number of hydrogen-bond donors (Lipinski definition) is 1. The molecule has 0 unspecified atom stereocenters. The van der Waals surface area contributed by atoms with Crippen LogP contribution in [-0.4, -0.2) is 13.1 Å². The summed E-state index contributed by atoms with van der Waals surface area (Å²) in [6.07, 6.45) is 2.48. The van der Waals surface area contributed by atoms with Crippen molar-refractivity contribution in [2.24, 2.45) is 0 Å². The molecule has 0 atom stereocenters. The van der Waals surface area contributed by atoms with Crippen LogP contribution >= 0.6 is 0 Å². The molecule has 0 amide bonds. The van der Waals surface area contributed by atoms with Crippen LogP contribution < -0.4 is 10.6 Å². The topological polar surface area (TPSA) is 53.0 Å². The second-order valence-corrected chi connectivity index (χ2v) is 3.58. The van der Waals surface area contributed by atoms with Gasteiger partial charge in [0.05, 0.1) is 5.56 Å².